The molecule has 1 rings (SSSR count). The zero-order valence-corrected chi connectivity index (χ0v) is 11.6. The normalized spacial score (nSPS) is 11.0. The van der Waals surface area contributed by atoms with E-state index in [2.05, 4.69) is 0 Å². The maximum absolute atomic E-state index is 10.3. The van der Waals surface area contributed by atoms with E-state index >= 15 is 0 Å². The Bertz CT molecular complexity index is 448. The Balaban J connectivity index is 0.00000169. The average molecular weight is 244 g/mol. The molecule has 0 aliphatic carbocycles. The van der Waals surface area contributed by atoms with Crippen LogP contribution >= 0.6 is 12.2 Å². The van der Waals surface area contributed by atoms with Gasteiger partial charge >= 0.3 is 29.6 Å². The standard InChI is InChI=1S/C6H10N2O3S2.Na/c1-7-2-3-8(6(7)12)4-5-13(9,10)11;/h2-3H,4-5H2,1H3,(H,9,10,11);/q;+1/p-1. The summed E-state index contributed by atoms with van der Waals surface area (Å²) in [5.74, 6) is -0.425. The van der Waals surface area contributed by atoms with Gasteiger partial charge in [0.05, 0.1) is 15.9 Å². The van der Waals surface area contributed by atoms with Gasteiger partial charge in [-0.2, -0.15) is 0 Å². The second kappa shape index (κ2) is 5.43. The molecule has 0 saturated carbocycles. The number of aromatic nitrogens is 2. The molecule has 0 atom stereocenters. The van der Waals surface area contributed by atoms with E-state index in [4.69, 9.17) is 12.2 Å². The third-order valence-electron chi connectivity index (χ3n) is 1.60. The van der Waals surface area contributed by atoms with Gasteiger partial charge < -0.3 is 13.7 Å². The zero-order chi connectivity index (χ0) is 10.1. The summed E-state index contributed by atoms with van der Waals surface area (Å²) in [4.78, 5) is 0. The molecule has 0 aliphatic rings. The maximum Gasteiger partial charge on any atom is 1.00 e. The second-order valence-electron chi connectivity index (χ2n) is 2.65. The summed E-state index contributed by atoms with van der Waals surface area (Å²) in [6, 6.07) is 0. The van der Waals surface area contributed by atoms with Crippen molar-refractivity contribution in [2.45, 2.75) is 6.54 Å². The van der Waals surface area contributed by atoms with Gasteiger partial charge in [-0.1, -0.05) is 0 Å². The van der Waals surface area contributed by atoms with Crippen LogP contribution in [0.4, 0.5) is 0 Å². The molecule has 0 spiro atoms. The minimum absolute atomic E-state index is 0. The minimum atomic E-state index is -4.16. The van der Waals surface area contributed by atoms with Gasteiger partial charge in [0.25, 0.3) is 0 Å². The molecule has 0 aromatic carbocycles. The molecule has 5 nitrogen and oxygen atoms in total. The summed E-state index contributed by atoms with van der Waals surface area (Å²) in [6.45, 7) is 0.117. The molecule has 1 aromatic rings. The van der Waals surface area contributed by atoms with Crippen molar-refractivity contribution < 1.29 is 42.5 Å². The van der Waals surface area contributed by atoms with Gasteiger partial charge in [0.2, 0.25) is 0 Å². The van der Waals surface area contributed by atoms with E-state index in [1.54, 1.807) is 28.6 Å². The predicted molar refractivity (Wildman–Crippen MR) is 48.8 cm³/mol. The Labute approximate surface area is 110 Å². The van der Waals surface area contributed by atoms with Gasteiger partial charge in [-0.15, -0.1) is 0 Å². The fourth-order valence-corrected chi connectivity index (χ4v) is 1.52. The third-order valence-corrected chi connectivity index (χ3v) is 2.80. The molecule has 0 bridgehead atoms. The fourth-order valence-electron chi connectivity index (χ4n) is 0.891. The number of nitrogens with zero attached hydrogens (tertiary/aromatic N) is 2. The van der Waals surface area contributed by atoms with Gasteiger partial charge in [0, 0.05) is 26.0 Å². The summed E-state index contributed by atoms with van der Waals surface area (Å²) in [7, 11) is -2.40. The molecule has 0 saturated heterocycles. The fraction of sp³-hybridized carbons (Fsp3) is 0.500. The molecule has 0 N–H and O–H groups in total. The monoisotopic (exact) mass is 244 g/mol. The quantitative estimate of drug-likeness (QED) is 0.325. The molecule has 8 heteroatoms. The van der Waals surface area contributed by atoms with Crippen molar-refractivity contribution >= 4 is 22.3 Å². The average Bonchev–Trinajstić information content (AvgIpc) is 2.29. The predicted octanol–water partition coefficient (Wildman–Crippen LogP) is -2.89. The van der Waals surface area contributed by atoms with E-state index < -0.39 is 15.9 Å². The van der Waals surface area contributed by atoms with Gasteiger partial charge in [-0.25, -0.2) is 8.42 Å². The first-order valence-corrected chi connectivity index (χ1v) is 5.54. The Morgan fingerprint density at radius 3 is 2.43 bits per heavy atom. The van der Waals surface area contributed by atoms with Gasteiger partial charge in [0.1, 0.15) is 0 Å². The topological polar surface area (TPSA) is 67.1 Å². The van der Waals surface area contributed by atoms with E-state index in [-0.39, 0.29) is 36.1 Å². The van der Waals surface area contributed by atoms with Crippen molar-refractivity contribution in [1.29, 1.82) is 0 Å². The van der Waals surface area contributed by atoms with E-state index in [0.717, 1.165) is 0 Å². The maximum atomic E-state index is 10.3. The molecule has 0 amide bonds. The van der Waals surface area contributed by atoms with Crippen molar-refractivity contribution in [1.82, 2.24) is 9.13 Å². The molecular formula is C6H9N2NaO3S2. The van der Waals surface area contributed by atoms with Crippen LogP contribution in [0.3, 0.4) is 0 Å². The van der Waals surface area contributed by atoms with Gasteiger partial charge in [-0.05, 0) is 12.2 Å². The van der Waals surface area contributed by atoms with E-state index in [0.29, 0.717) is 4.77 Å². The Morgan fingerprint density at radius 1 is 1.50 bits per heavy atom. The van der Waals surface area contributed by atoms with Crippen molar-refractivity contribution in [3.8, 4) is 0 Å². The largest absolute Gasteiger partial charge is 1.00 e. The molecule has 1 heterocycles. The summed E-state index contributed by atoms with van der Waals surface area (Å²) in [5, 5.41) is 0. The van der Waals surface area contributed by atoms with Gasteiger partial charge in [-0.3, -0.25) is 0 Å². The molecular weight excluding hydrogens is 235 g/mol. The molecule has 0 aliphatic heterocycles. The van der Waals surface area contributed by atoms with Crippen molar-refractivity contribution in [2.75, 3.05) is 5.75 Å². The first-order valence-electron chi connectivity index (χ1n) is 3.55. The van der Waals surface area contributed by atoms with Gasteiger partial charge in [0.15, 0.2) is 4.77 Å². The van der Waals surface area contributed by atoms with Crippen LogP contribution in [0.25, 0.3) is 0 Å². The van der Waals surface area contributed by atoms with E-state index in [1.807, 2.05) is 0 Å². The summed E-state index contributed by atoms with van der Waals surface area (Å²) < 4.78 is 34.7. The van der Waals surface area contributed by atoms with Crippen LogP contribution in [0.1, 0.15) is 0 Å². The number of imidazole rings is 1. The number of hydrogen-bond acceptors (Lipinski definition) is 4. The molecule has 14 heavy (non-hydrogen) atoms. The van der Waals surface area contributed by atoms with Crippen molar-refractivity contribution in [3.63, 3.8) is 0 Å². The molecule has 74 valence electrons. The van der Waals surface area contributed by atoms with Crippen LogP contribution in [-0.4, -0.2) is 27.9 Å². The van der Waals surface area contributed by atoms with Crippen LogP contribution < -0.4 is 29.6 Å². The molecule has 0 fully saturated rings. The Morgan fingerprint density at radius 2 is 2.07 bits per heavy atom. The van der Waals surface area contributed by atoms with Crippen molar-refractivity contribution in [2.24, 2.45) is 7.05 Å². The smallest absolute Gasteiger partial charge is 0.748 e. The zero-order valence-electron chi connectivity index (χ0n) is 8.00. The summed E-state index contributed by atoms with van der Waals surface area (Å²) in [6.07, 6.45) is 3.35. The second-order valence-corrected chi connectivity index (χ2v) is 4.54. The first-order chi connectivity index (χ1) is 5.90. The number of rotatable bonds is 3. The minimum Gasteiger partial charge on any atom is -0.748 e. The SMILES string of the molecule is Cn1ccn(CCS(=O)(=O)[O-])c1=S.[Na+]. The summed E-state index contributed by atoms with van der Waals surface area (Å²) >= 11 is 4.94. The third kappa shape index (κ3) is 4.24. The Kier molecular flexibility index (Phi) is 5.56. The molecule has 0 radical (unpaired) electrons. The van der Waals surface area contributed by atoms with Crippen LogP contribution in [-0.2, 0) is 23.7 Å². The van der Waals surface area contributed by atoms with E-state index in [1.165, 1.54) is 0 Å². The first kappa shape index (κ1) is 14.3. The molecule has 0 unspecified atom stereocenters. The van der Waals surface area contributed by atoms with Crippen molar-refractivity contribution in [3.05, 3.63) is 17.2 Å². The van der Waals surface area contributed by atoms with Crippen LogP contribution in [0.2, 0.25) is 0 Å². The summed E-state index contributed by atoms with van der Waals surface area (Å²) in [5.41, 5.74) is 0. The number of hydrogen-bond donors (Lipinski definition) is 0. The van der Waals surface area contributed by atoms with Crippen LogP contribution in [0.15, 0.2) is 12.4 Å². The van der Waals surface area contributed by atoms with Crippen LogP contribution in [0, 0.1) is 4.77 Å². The Hall–Kier alpha value is 0.340. The van der Waals surface area contributed by atoms with Crippen LogP contribution in [0.5, 0.6) is 0 Å². The molecule has 1 aromatic heterocycles. The number of aryl methyl sites for hydroxylation is 2. The van der Waals surface area contributed by atoms with E-state index in [9.17, 15) is 13.0 Å².